The third-order valence-electron chi connectivity index (χ3n) is 6.34. The highest BCUT2D eigenvalue weighted by molar-refractivity contribution is 5.51. The predicted molar refractivity (Wildman–Crippen MR) is 94.0 cm³/mol. The lowest BCUT2D eigenvalue weighted by molar-refractivity contribution is -0.190. The minimum atomic E-state index is -0.142. The van der Waals surface area contributed by atoms with E-state index in [0.29, 0.717) is 13.0 Å². The Kier molecular flexibility index (Phi) is 4.94. The van der Waals surface area contributed by atoms with Crippen LogP contribution in [0.3, 0.4) is 0 Å². The van der Waals surface area contributed by atoms with Crippen LogP contribution in [-0.4, -0.2) is 25.8 Å². The van der Waals surface area contributed by atoms with Gasteiger partial charge in [0.1, 0.15) is 6.29 Å². The van der Waals surface area contributed by atoms with Gasteiger partial charge in [-0.2, -0.15) is 0 Å². The number of carbonyl (C=O) groups is 1. The van der Waals surface area contributed by atoms with Crippen LogP contribution in [0.5, 0.6) is 0 Å². The standard InChI is InChI=1S/C21H28O4/c22-13-12-20-8-10-21(11-9-20,25-16-20)18-6-4-17(5-7-18)15-24-19-3-1-2-14-23-19/h4-7,13,19H,1-3,8-12,14-16H2. The van der Waals surface area contributed by atoms with Crippen LogP contribution in [0.1, 0.15) is 62.5 Å². The largest absolute Gasteiger partial charge is 0.370 e. The average molecular weight is 344 g/mol. The molecule has 4 nitrogen and oxygen atoms in total. The molecule has 4 aliphatic rings. The first-order valence-electron chi connectivity index (χ1n) is 9.64. The van der Waals surface area contributed by atoms with Crippen LogP contribution in [0, 0.1) is 5.41 Å². The molecule has 1 aromatic rings. The van der Waals surface area contributed by atoms with Crippen molar-refractivity contribution in [3.63, 3.8) is 0 Å². The van der Waals surface area contributed by atoms with Crippen molar-refractivity contribution in [3.8, 4) is 0 Å². The summed E-state index contributed by atoms with van der Waals surface area (Å²) in [4.78, 5) is 10.9. The highest BCUT2D eigenvalue weighted by atomic mass is 16.7. The maximum absolute atomic E-state index is 10.9. The van der Waals surface area contributed by atoms with Crippen molar-refractivity contribution in [2.24, 2.45) is 5.41 Å². The third-order valence-corrected chi connectivity index (χ3v) is 6.34. The molecule has 1 aliphatic carbocycles. The highest BCUT2D eigenvalue weighted by Crippen LogP contribution is 2.54. The van der Waals surface area contributed by atoms with Gasteiger partial charge in [-0.3, -0.25) is 0 Å². The van der Waals surface area contributed by atoms with Gasteiger partial charge in [0, 0.05) is 18.4 Å². The molecular weight excluding hydrogens is 316 g/mol. The number of carbonyl (C=O) groups excluding carboxylic acids is 1. The molecule has 4 fully saturated rings. The summed E-state index contributed by atoms with van der Waals surface area (Å²) >= 11 is 0. The fraction of sp³-hybridized carbons (Fsp3) is 0.667. The third kappa shape index (κ3) is 3.53. The van der Waals surface area contributed by atoms with E-state index in [1.807, 2.05) is 0 Å². The number of ether oxygens (including phenoxy) is 3. The molecule has 1 atom stereocenters. The van der Waals surface area contributed by atoms with Gasteiger partial charge in [0.05, 0.1) is 18.8 Å². The molecule has 0 amide bonds. The van der Waals surface area contributed by atoms with Gasteiger partial charge < -0.3 is 19.0 Å². The molecule has 25 heavy (non-hydrogen) atoms. The van der Waals surface area contributed by atoms with Gasteiger partial charge in [0.15, 0.2) is 6.29 Å². The quantitative estimate of drug-likeness (QED) is 0.729. The Morgan fingerprint density at radius 3 is 2.52 bits per heavy atom. The van der Waals surface area contributed by atoms with Crippen LogP contribution in [0.15, 0.2) is 24.3 Å². The van der Waals surface area contributed by atoms with Crippen molar-refractivity contribution >= 4 is 6.29 Å². The molecule has 2 bridgehead atoms. The van der Waals surface area contributed by atoms with Crippen molar-refractivity contribution in [2.75, 3.05) is 13.2 Å². The van der Waals surface area contributed by atoms with Gasteiger partial charge in [-0.1, -0.05) is 24.3 Å². The first-order chi connectivity index (χ1) is 12.2. The Balaban J connectivity index is 1.37. The Morgan fingerprint density at radius 1 is 1.12 bits per heavy atom. The zero-order chi connectivity index (χ0) is 17.2. The SMILES string of the molecule is O=CCC12CCC(c3ccc(COC4CCCCO4)cc3)(CC1)OC2. The van der Waals surface area contributed by atoms with E-state index in [1.54, 1.807) is 0 Å². The van der Waals surface area contributed by atoms with Gasteiger partial charge in [0.2, 0.25) is 0 Å². The van der Waals surface area contributed by atoms with E-state index in [-0.39, 0.29) is 17.3 Å². The molecule has 1 aromatic carbocycles. The van der Waals surface area contributed by atoms with Gasteiger partial charge in [0.25, 0.3) is 0 Å². The fourth-order valence-electron chi connectivity index (χ4n) is 4.51. The molecule has 1 unspecified atom stereocenters. The molecular formula is C21H28O4. The molecule has 3 saturated heterocycles. The zero-order valence-electron chi connectivity index (χ0n) is 14.9. The summed E-state index contributed by atoms with van der Waals surface area (Å²) in [7, 11) is 0. The first kappa shape index (κ1) is 17.2. The molecule has 0 N–H and O–H groups in total. The molecule has 0 spiro atoms. The smallest absolute Gasteiger partial charge is 0.158 e. The predicted octanol–water partition coefficient (Wildman–Crippen LogP) is 4.10. The van der Waals surface area contributed by atoms with Crippen molar-refractivity contribution in [2.45, 2.75) is 69.9 Å². The molecule has 5 rings (SSSR count). The van der Waals surface area contributed by atoms with Crippen molar-refractivity contribution in [1.82, 2.24) is 0 Å². The average Bonchev–Trinajstić information content (AvgIpc) is 2.69. The van der Waals surface area contributed by atoms with Crippen LogP contribution in [0.25, 0.3) is 0 Å². The van der Waals surface area contributed by atoms with E-state index in [0.717, 1.165) is 58.0 Å². The van der Waals surface area contributed by atoms with Gasteiger partial charge in [-0.15, -0.1) is 0 Å². The van der Waals surface area contributed by atoms with E-state index in [1.165, 1.54) is 17.5 Å². The molecule has 1 saturated carbocycles. The summed E-state index contributed by atoms with van der Waals surface area (Å²) in [6.45, 7) is 2.13. The molecule has 3 aliphatic heterocycles. The number of rotatable bonds is 6. The molecule has 0 radical (unpaired) electrons. The second kappa shape index (κ2) is 7.18. The normalized spacial score (nSPS) is 34.8. The maximum atomic E-state index is 10.9. The number of aldehydes is 1. The fourth-order valence-corrected chi connectivity index (χ4v) is 4.51. The summed E-state index contributed by atoms with van der Waals surface area (Å²) in [6.07, 6.45) is 9.22. The Morgan fingerprint density at radius 2 is 1.92 bits per heavy atom. The Labute approximate surface area is 149 Å². The van der Waals surface area contributed by atoms with E-state index >= 15 is 0 Å². The Bertz CT molecular complexity index is 564. The molecule has 136 valence electrons. The van der Waals surface area contributed by atoms with E-state index in [4.69, 9.17) is 14.2 Å². The molecule has 4 heteroatoms. The minimum absolute atomic E-state index is 0.0435. The van der Waals surface area contributed by atoms with Crippen LogP contribution in [-0.2, 0) is 31.2 Å². The maximum Gasteiger partial charge on any atom is 0.158 e. The van der Waals surface area contributed by atoms with E-state index in [2.05, 4.69) is 24.3 Å². The summed E-state index contributed by atoms with van der Waals surface area (Å²) in [6, 6.07) is 8.69. The summed E-state index contributed by atoms with van der Waals surface area (Å²) in [5.41, 5.74) is 2.41. The lowest BCUT2D eigenvalue weighted by atomic mass is 9.63. The Hall–Kier alpha value is -1.23. The summed E-state index contributed by atoms with van der Waals surface area (Å²) in [5, 5.41) is 0. The van der Waals surface area contributed by atoms with Crippen LogP contribution in [0.2, 0.25) is 0 Å². The van der Waals surface area contributed by atoms with Crippen LogP contribution < -0.4 is 0 Å². The zero-order valence-corrected chi connectivity index (χ0v) is 14.9. The number of hydrogen-bond acceptors (Lipinski definition) is 4. The van der Waals surface area contributed by atoms with Crippen molar-refractivity contribution < 1.29 is 19.0 Å². The first-order valence-corrected chi connectivity index (χ1v) is 9.64. The summed E-state index contributed by atoms with van der Waals surface area (Å²) in [5.74, 6) is 0. The molecule has 0 aromatic heterocycles. The second-order valence-corrected chi connectivity index (χ2v) is 7.96. The second-order valence-electron chi connectivity index (χ2n) is 7.96. The van der Waals surface area contributed by atoms with Crippen LogP contribution >= 0.6 is 0 Å². The van der Waals surface area contributed by atoms with E-state index in [9.17, 15) is 4.79 Å². The highest BCUT2D eigenvalue weighted by Gasteiger charge is 2.50. The van der Waals surface area contributed by atoms with Crippen LogP contribution in [0.4, 0.5) is 0 Å². The van der Waals surface area contributed by atoms with Crippen molar-refractivity contribution in [3.05, 3.63) is 35.4 Å². The van der Waals surface area contributed by atoms with Gasteiger partial charge >= 0.3 is 0 Å². The molecule has 3 heterocycles. The minimum Gasteiger partial charge on any atom is -0.370 e. The van der Waals surface area contributed by atoms with Crippen molar-refractivity contribution in [1.29, 1.82) is 0 Å². The summed E-state index contributed by atoms with van der Waals surface area (Å²) < 4.78 is 17.8. The van der Waals surface area contributed by atoms with E-state index < -0.39 is 0 Å². The number of hydrogen-bond donors (Lipinski definition) is 0. The topological polar surface area (TPSA) is 44.8 Å². The lowest BCUT2D eigenvalue weighted by Gasteiger charge is -2.53. The van der Waals surface area contributed by atoms with Gasteiger partial charge in [-0.05, 0) is 56.1 Å². The lowest BCUT2D eigenvalue weighted by Crippen LogP contribution is -2.49. The number of benzene rings is 1. The number of fused-ring (bicyclic) bond motifs is 3. The van der Waals surface area contributed by atoms with Gasteiger partial charge in [-0.25, -0.2) is 0 Å². The monoisotopic (exact) mass is 344 g/mol.